The van der Waals surface area contributed by atoms with E-state index in [1.165, 1.54) is 0 Å². The first-order valence-corrected chi connectivity index (χ1v) is 3.81. The quantitative estimate of drug-likeness (QED) is 0.671. The van der Waals surface area contributed by atoms with Crippen LogP contribution >= 0.6 is 15.9 Å². The Morgan fingerprint density at radius 1 is 1.40 bits per heavy atom. The zero-order chi connectivity index (χ0) is 7.56. The molecule has 1 nitrogen and oxygen atoms in total. The van der Waals surface area contributed by atoms with Gasteiger partial charge in [-0.05, 0) is 13.0 Å². The monoisotopic (exact) mass is 197 g/mol. The van der Waals surface area contributed by atoms with E-state index in [9.17, 15) is 0 Å². The number of hydrogen-bond donors (Lipinski definition) is 1. The van der Waals surface area contributed by atoms with Gasteiger partial charge < -0.3 is 5.41 Å². The number of rotatable bonds is 1. The van der Waals surface area contributed by atoms with Gasteiger partial charge in [0.2, 0.25) is 0 Å². The zero-order valence-corrected chi connectivity index (χ0v) is 7.27. The molecule has 0 spiro atoms. The highest BCUT2D eigenvalue weighted by molar-refractivity contribution is 9.10. The van der Waals surface area contributed by atoms with Gasteiger partial charge in [-0.25, -0.2) is 0 Å². The van der Waals surface area contributed by atoms with Gasteiger partial charge in [0.1, 0.15) is 0 Å². The van der Waals surface area contributed by atoms with Crippen molar-refractivity contribution in [1.29, 1.82) is 5.41 Å². The lowest BCUT2D eigenvalue weighted by Crippen LogP contribution is -1.91. The molecule has 0 fully saturated rings. The number of halogens is 1. The van der Waals surface area contributed by atoms with Crippen molar-refractivity contribution in [1.82, 2.24) is 0 Å². The minimum absolute atomic E-state index is 0.590. The molecule has 2 heteroatoms. The number of hydrogen-bond acceptors (Lipinski definition) is 1. The summed E-state index contributed by atoms with van der Waals surface area (Å²) in [5.74, 6) is 0. The summed E-state index contributed by atoms with van der Waals surface area (Å²) in [4.78, 5) is 0. The van der Waals surface area contributed by atoms with E-state index in [0.29, 0.717) is 5.71 Å². The van der Waals surface area contributed by atoms with Crippen LogP contribution in [0.3, 0.4) is 0 Å². The first kappa shape index (κ1) is 7.48. The Bertz CT molecular complexity index is 255. The average Bonchev–Trinajstić information content (AvgIpc) is 1.88. The standard InChI is InChI=1S/C8H8BrN/c1-6(10)7-4-2-3-5-8(7)9/h2-5,10H,1H3. The Kier molecular flexibility index (Phi) is 2.22. The van der Waals surface area contributed by atoms with Gasteiger partial charge in [0, 0.05) is 15.7 Å². The molecule has 0 unspecified atom stereocenters. The van der Waals surface area contributed by atoms with Crippen LogP contribution in [0.15, 0.2) is 28.7 Å². The van der Waals surface area contributed by atoms with E-state index in [2.05, 4.69) is 15.9 Å². The lowest BCUT2D eigenvalue weighted by molar-refractivity contribution is 1.44. The SMILES string of the molecule is CC(=N)c1ccccc1Br. The van der Waals surface area contributed by atoms with Gasteiger partial charge in [-0.15, -0.1) is 0 Å². The average molecular weight is 198 g/mol. The normalized spacial score (nSPS) is 9.40. The molecule has 52 valence electrons. The molecule has 1 rings (SSSR count). The second-order valence-corrected chi connectivity index (χ2v) is 2.96. The van der Waals surface area contributed by atoms with Gasteiger partial charge >= 0.3 is 0 Å². The van der Waals surface area contributed by atoms with E-state index >= 15 is 0 Å². The Morgan fingerprint density at radius 3 is 2.40 bits per heavy atom. The molecule has 0 bridgehead atoms. The van der Waals surface area contributed by atoms with Crippen LogP contribution in [-0.4, -0.2) is 5.71 Å². The topological polar surface area (TPSA) is 23.9 Å². The van der Waals surface area contributed by atoms with Crippen molar-refractivity contribution in [2.75, 3.05) is 0 Å². The molecule has 1 N–H and O–H groups in total. The zero-order valence-electron chi connectivity index (χ0n) is 5.69. The molecule has 0 aliphatic rings. The largest absolute Gasteiger partial charge is 0.305 e. The highest BCUT2D eigenvalue weighted by atomic mass is 79.9. The fraction of sp³-hybridized carbons (Fsp3) is 0.125. The summed E-state index contributed by atoms with van der Waals surface area (Å²) < 4.78 is 0.988. The maximum Gasteiger partial charge on any atom is 0.0366 e. The molecular weight excluding hydrogens is 190 g/mol. The van der Waals surface area contributed by atoms with E-state index < -0.39 is 0 Å². The van der Waals surface area contributed by atoms with Gasteiger partial charge in [0.25, 0.3) is 0 Å². The predicted octanol–water partition coefficient (Wildman–Crippen LogP) is 2.84. The minimum atomic E-state index is 0.590. The summed E-state index contributed by atoms with van der Waals surface area (Å²) in [5, 5.41) is 7.35. The lowest BCUT2D eigenvalue weighted by Gasteiger charge is -1.98. The maximum atomic E-state index is 7.35. The smallest absolute Gasteiger partial charge is 0.0366 e. The molecular formula is C8H8BrN. The highest BCUT2D eigenvalue weighted by Crippen LogP contribution is 2.15. The molecule has 1 aromatic carbocycles. The van der Waals surface area contributed by atoms with Crippen molar-refractivity contribution < 1.29 is 0 Å². The fourth-order valence-corrected chi connectivity index (χ4v) is 1.35. The van der Waals surface area contributed by atoms with Crippen LogP contribution in [0.2, 0.25) is 0 Å². The molecule has 0 amide bonds. The summed E-state index contributed by atoms with van der Waals surface area (Å²) in [7, 11) is 0. The molecule has 10 heavy (non-hydrogen) atoms. The Morgan fingerprint density at radius 2 is 2.00 bits per heavy atom. The van der Waals surface area contributed by atoms with E-state index in [1.807, 2.05) is 24.3 Å². The van der Waals surface area contributed by atoms with Crippen molar-refractivity contribution in [2.45, 2.75) is 6.92 Å². The first-order valence-electron chi connectivity index (χ1n) is 3.02. The maximum absolute atomic E-state index is 7.35. The molecule has 0 aromatic heterocycles. The van der Waals surface area contributed by atoms with Crippen molar-refractivity contribution in [2.24, 2.45) is 0 Å². The van der Waals surface area contributed by atoms with Gasteiger partial charge in [-0.1, -0.05) is 34.1 Å². The van der Waals surface area contributed by atoms with Crippen molar-refractivity contribution in [3.8, 4) is 0 Å². The highest BCUT2D eigenvalue weighted by Gasteiger charge is 1.97. The third-order valence-electron chi connectivity index (χ3n) is 1.28. The molecule has 0 saturated carbocycles. The predicted molar refractivity (Wildman–Crippen MR) is 46.6 cm³/mol. The van der Waals surface area contributed by atoms with E-state index in [0.717, 1.165) is 10.0 Å². The van der Waals surface area contributed by atoms with Crippen molar-refractivity contribution in [3.63, 3.8) is 0 Å². The second-order valence-electron chi connectivity index (χ2n) is 2.10. The summed E-state index contributed by atoms with van der Waals surface area (Å²) >= 11 is 3.36. The minimum Gasteiger partial charge on any atom is -0.305 e. The van der Waals surface area contributed by atoms with Crippen molar-refractivity contribution >= 4 is 21.6 Å². The second kappa shape index (κ2) is 2.97. The van der Waals surface area contributed by atoms with Crippen LogP contribution in [0, 0.1) is 5.41 Å². The molecule has 0 heterocycles. The molecule has 0 aliphatic carbocycles. The van der Waals surface area contributed by atoms with E-state index in [4.69, 9.17) is 5.41 Å². The third kappa shape index (κ3) is 1.45. The van der Waals surface area contributed by atoms with Gasteiger partial charge in [-0.2, -0.15) is 0 Å². The Hall–Kier alpha value is -0.630. The van der Waals surface area contributed by atoms with Crippen LogP contribution in [0.25, 0.3) is 0 Å². The summed E-state index contributed by atoms with van der Waals surface area (Å²) in [6.45, 7) is 1.78. The molecule has 0 saturated heterocycles. The van der Waals surface area contributed by atoms with Gasteiger partial charge in [0.15, 0.2) is 0 Å². The van der Waals surface area contributed by atoms with E-state index in [-0.39, 0.29) is 0 Å². The Balaban J connectivity index is 3.15. The molecule has 0 aliphatic heterocycles. The summed E-state index contributed by atoms with van der Waals surface area (Å²) in [5.41, 5.74) is 1.55. The first-order chi connectivity index (χ1) is 4.72. The molecule has 0 atom stereocenters. The van der Waals surface area contributed by atoms with Gasteiger partial charge in [-0.3, -0.25) is 0 Å². The number of nitrogens with one attached hydrogen (secondary N) is 1. The fourth-order valence-electron chi connectivity index (χ4n) is 0.765. The van der Waals surface area contributed by atoms with Gasteiger partial charge in [0.05, 0.1) is 0 Å². The Labute approximate surface area is 68.7 Å². The number of benzene rings is 1. The van der Waals surface area contributed by atoms with E-state index in [1.54, 1.807) is 6.92 Å². The summed E-state index contributed by atoms with van der Waals surface area (Å²) in [6, 6.07) is 7.73. The third-order valence-corrected chi connectivity index (χ3v) is 1.97. The summed E-state index contributed by atoms with van der Waals surface area (Å²) in [6.07, 6.45) is 0. The van der Waals surface area contributed by atoms with Crippen LogP contribution in [0.5, 0.6) is 0 Å². The van der Waals surface area contributed by atoms with Crippen LogP contribution < -0.4 is 0 Å². The van der Waals surface area contributed by atoms with Crippen molar-refractivity contribution in [3.05, 3.63) is 34.3 Å². The van der Waals surface area contributed by atoms with Crippen LogP contribution in [0.1, 0.15) is 12.5 Å². The van der Waals surface area contributed by atoms with Crippen LogP contribution in [-0.2, 0) is 0 Å². The van der Waals surface area contributed by atoms with Crippen LogP contribution in [0.4, 0.5) is 0 Å². The molecule has 1 aromatic rings. The molecule has 0 radical (unpaired) electrons. The lowest BCUT2D eigenvalue weighted by atomic mass is 10.1.